The first kappa shape index (κ1) is 16.8. The molecule has 0 spiro atoms. The Morgan fingerprint density at radius 1 is 1.38 bits per heavy atom. The van der Waals surface area contributed by atoms with Gasteiger partial charge in [0.2, 0.25) is 0 Å². The lowest BCUT2D eigenvalue weighted by Gasteiger charge is -2.45. The summed E-state index contributed by atoms with van der Waals surface area (Å²) in [6.45, 7) is 14.2. The summed E-state index contributed by atoms with van der Waals surface area (Å²) in [4.78, 5) is 2.57. The van der Waals surface area contributed by atoms with Crippen molar-refractivity contribution in [3.05, 3.63) is 16.4 Å². The van der Waals surface area contributed by atoms with Crippen LogP contribution in [0.25, 0.3) is 0 Å². The minimum Gasteiger partial charge on any atom is -0.311 e. The van der Waals surface area contributed by atoms with Crippen LogP contribution in [0.4, 0.5) is 0 Å². The van der Waals surface area contributed by atoms with E-state index in [1.54, 1.807) is 4.68 Å². The van der Waals surface area contributed by atoms with E-state index in [2.05, 4.69) is 43.0 Å². The van der Waals surface area contributed by atoms with Gasteiger partial charge >= 0.3 is 0 Å². The standard InChI is InChI=1S/C16H29ClN4/c1-7-12-8-18-14(16(3,4)5)10-21(12)9-13-11(2)19-20(6)15(13)17/h12,14,18H,7-10H2,1-6H3. The molecule has 0 radical (unpaired) electrons. The van der Waals surface area contributed by atoms with Gasteiger partial charge in [-0.25, -0.2) is 0 Å². The minimum atomic E-state index is 0.269. The maximum Gasteiger partial charge on any atom is 0.131 e. The van der Waals surface area contributed by atoms with Crippen LogP contribution in [0, 0.1) is 12.3 Å². The number of aromatic nitrogens is 2. The van der Waals surface area contributed by atoms with Crippen molar-refractivity contribution in [1.82, 2.24) is 20.0 Å². The topological polar surface area (TPSA) is 33.1 Å². The lowest BCUT2D eigenvalue weighted by molar-refractivity contribution is 0.0774. The third kappa shape index (κ3) is 3.61. The Labute approximate surface area is 133 Å². The monoisotopic (exact) mass is 312 g/mol. The van der Waals surface area contributed by atoms with Gasteiger partial charge in [-0.05, 0) is 18.8 Å². The first-order chi connectivity index (χ1) is 9.74. The average molecular weight is 313 g/mol. The van der Waals surface area contributed by atoms with Crippen molar-refractivity contribution < 1.29 is 0 Å². The molecule has 5 heteroatoms. The molecule has 0 aromatic carbocycles. The van der Waals surface area contributed by atoms with Crippen LogP contribution >= 0.6 is 11.6 Å². The zero-order chi connectivity index (χ0) is 15.8. The molecule has 1 N–H and O–H groups in total. The minimum absolute atomic E-state index is 0.269. The second-order valence-corrected chi connectivity index (χ2v) is 7.65. The van der Waals surface area contributed by atoms with Gasteiger partial charge in [0, 0.05) is 44.3 Å². The molecule has 1 fully saturated rings. The smallest absolute Gasteiger partial charge is 0.131 e. The van der Waals surface area contributed by atoms with Gasteiger partial charge in [0.15, 0.2) is 0 Å². The largest absolute Gasteiger partial charge is 0.311 e. The van der Waals surface area contributed by atoms with Crippen molar-refractivity contribution in [1.29, 1.82) is 0 Å². The van der Waals surface area contributed by atoms with Gasteiger partial charge in [-0.2, -0.15) is 5.10 Å². The van der Waals surface area contributed by atoms with Crippen LogP contribution in [0.3, 0.4) is 0 Å². The number of halogens is 1. The van der Waals surface area contributed by atoms with Crippen molar-refractivity contribution in [2.24, 2.45) is 12.5 Å². The van der Waals surface area contributed by atoms with Gasteiger partial charge in [-0.3, -0.25) is 9.58 Å². The van der Waals surface area contributed by atoms with E-state index in [4.69, 9.17) is 11.6 Å². The molecule has 0 bridgehead atoms. The number of nitrogens with one attached hydrogen (secondary N) is 1. The molecule has 120 valence electrons. The van der Waals surface area contributed by atoms with Gasteiger partial charge in [-0.15, -0.1) is 0 Å². The number of hydrogen-bond donors (Lipinski definition) is 1. The molecule has 2 rings (SSSR count). The van der Waals surface area contributed by atoms with Gasteiger partial charge in [0.25, 0.3) is 0 Å². The van der Waals surface area contributed by atoms with E-state index in [9.17, 15) is 0 Å². The number of aryl methyl sites for hydroxylation is 2. The maximum absolute atomic E-state index is 6.41. The molecule has 1 aliphatic rings. The van der Waals surface area contributed by atoms with Crippen LogP contribution in [0.1, 0.15) is 45.4 Å². The first-order valence-corrected chi connectivity index (χ1v) is 8.27. The summed E-state index contributed by atoms with van der Waals surface area (Å²) in [6, 6.07) is 1.08. The Bertz CT molecular complexity index is 489. The van der Waals surface area contributed by atoms with E-state index >= 15 is 0 Å². The van der Waals surface area contributed by atoms with Gasteiger partial charge in [0.05, 0.1) is 5.69 Å². The third-order valence-electron chi connectivity index (χ3n) is 4.68. The Hall–Kier alpha value is -0.580. The fourth-order valence-corrected chi connectivity index (χ4v) is 3.32. The highest BCUT2D eigenvalue weighted by atomic mass is 35.5. The second kappa shape index (κ2) is 6.27. The fourth-order valence-electron chi connectivity index (χ4n) is 3.09. The van der Waals surface area contributed by atoms with Crippen LogP contribution < -0.4 is 5.32 Å². The highest BCUT2D eigenvalue weighted by Gasteiger charge is 2.34. The highest BCUT2D eigenvalue weighted by molar-refractivity contribution is 6.30. The maximum atomic E-state index is 6.41. The summed E-state index contributed by atoms with van der Waals surface area (Å²) >= 11 is 6.41. The molecule has 0 saturated carbocycles. The Kier molecular flexibility index (Phi) is 5.01. The molecule has 0 aliphatic carbocycles. The van der Waals surface area contributed by atoms with Gasteiger partial charge in [-0.1, -0.05) is 39.3 Å². The summed E-state index contributed by atoms with van der Waals surface area (Å²) in [6.07, 6.45) is 1.15. The zero-order valence-electron chi connectivity index (χ0n) is 14.2. The number of hydrogen-bond acceptors (Lipinski definition) is 3. The van der Waals surface area contributed by atoms with Crippen molar-refractivity contribution in [2.45, 2.75) is 59.7 Å². The first-order valence-electron chi connectivity index (χ1n) is 7.89. The molecule has 1 aliphatic heterocycles. The number of rotatable bonds is 3. The van der Waals surface area contributed by atoms with E-state index in [1.807, 2.05) is 14.0 Å². The normalized spacial score (nSPS) is 24.5. The van der Waals surface area contributed by atoms with Crippen LogP contribution in [-0.2, 0) is 13.6 Å². The van der Waals surface area contributed by atoms with E-state index < -0.39 is 0 Å². The summed E-state index contributed by atoms with van der Waals surface area (Å²) in [5.74, 6) is 0. The molecular formula is C16H29ClN4. The van der Waals surface area contributed by atoms with Crippen molar-refractivity contribution in [2.75, 3.05) is 13.1 Å². The van der Waals surface area contributed by atoms with Crippen LogP contribution in [0.5, 0.6) is 0 Å². The van der Waals surface area contributed by atoms with E-state index in [-0.39, 0.29) is 5.41 Å². The summed E-state index contributed by atoms with van der Waals surface area (Å²) in [7, 11) is 1.91. The molecule has 21 heavy (non-hydrogen) atoms. The zero-order valence-corrected chi connectivity index (χ0v) is 15.0. The lowest BCUT2D eigenvalue weighted by Crippen LogP contribution is -2.59. The van der Waals surface area contributed by atoms with E-state index in [1.165, 1.54) is 5.56 Å². The van der Waals surface area contributed by atoms with Gasteiger partial charge < -0.3 is 5.32 Å². The van der Waals surface area contributed by atoms with Gasteiger partial charge in [0.1, 0.15) is 5.15 Å². The van der Waals surface area contributed by atoms with Crippen molar-refractivity contribution >= 4 is 11.6 Å². The number of piperazine rings is 1. The quantitative estimate of drug-likeness (QED) is 0.931. The van der Waals surface area contributed by atoms with Crippen molar-refractivity contribution in [3.63, 3.8) is 0 Å². The van der Waals surface area contributed by atoms with E-state index in [0.29, 0.717) is 12.1 Å². The summed E-state index contributed by atoms with van der Waals surface area (Å²) < 4.78 is 1.77. The second-order valence-electron chi connectivity index (χ2n) is 7.30. The molecule has 1 saturated heterocycles. The molecule has 2 heterocycles. The molecule has 2 atom stereocenters. The molecule has 1 aromatic rings. The van der Waals surface area contributed by atoms with Crippen LogP contribution in [-0.4, -0.2) is 39.9 Å². The fraction of sp³-hybridized carbons (Fsp3) is 0.812. The van der Waals surface area contributed by atoms with E-state index in [0.717, 1.165) is 36.9 Å². The SMILES string of the molecule is CCC1CNC(C(C)(C)C)CN1Cc1c(C)nn(C)c1Cl. The number of nitrogens with zero attached hydrogens (tertiary/aromatic N) is 3. The predicted octanol–water partition coefficient (Wildman–Crippen LogP) is 2.98. The van der Waals surface area contributed by atoms with Crippen LogP contribution in [0.2, 0.25) is 5.15 Å². The lowest BCUT2D eigenvalue weighted by atomic mass is 9.84. The molecule has 2 unspecified atom stereocenters. The van der Waals surface area contributed by atoms with Crippen molar-refractivity contribution in [3.8, 4) is 0 Å². The highest BCUT2D eigenvalue weighted by Crippen LogP contribution is 2.27. The molecule has 4 nitrogen and oxygen atoms in total. The predicted molar refractivity (Wildman–Crippen MR) is 88.7 cm³/mol. The summed E-state index contributed by atoms with van der Waals surface area (Å²) in [5.41, 5.74) is 2.49. The van der Waals surface area contributed by atoms with Crippen LogP contribution in [0.15, 0.2) is 0 Å². The third-order valence-corrected chi connectivity index (χ3v) is 5.15. The average Bonchev–Trinajstić information content (AvgIpc) is 2.64. The summed E-state index contributed by atoms with van der Waals surface area (Å²) in [5, 5.41) is 8.92. The molecule has 0 amide bonds. The molecule has 1 aromatic heterocycles. The molecular weight excluding hydrogens is 284 g/mol. The Morgan fingerprint density at radius 2 is 2.05 bits per heavy atom. The Balaban J connectivity index is 2.18. The Morgan fingerprint density at radius 3 is 2.52 bits per heavy atom.